The van der Waals surface area contributed by atoms with Crippen LogP contribution in [0.15, 0.2) is 30.3 Å². The number of esters is 1. The van der Waals surface area contributed by atoms with E-state index in [9.17, 15) is 9.59 Å². The summed E-state index contributed by atoms with van der Waals surface area (Å²) in [5.41, 5.74) is 1.07. The molecule has 24 heavy (non-hydrogen) atoms. The maximum atomic E-state index is 12.6. The van der Waals surface area contributed by atoms with Crippen LogP contribution < -0.4 is 5.32 Å². The second-order valence-corrected chi connectivity index (χ2v) is 7.15. The third-order valence-corrected chi connectivity index (χ3v) is 4.63. The number of anilines is 1. The quantitative estimate of drug-likeness (QED) is 0.807. The van der Waals surface area contributed by atoms with Crippen LogP contribution in [-0.2, 0) is 16.0 Å². The fourth-order valence-electron chi connectivity index (χ4n) is 2.29. The number of hydrogen-bond donors (Lipinski definition) is 1. The van der Waals surface area contributed by atoms with Crippen molar-refractivity contribution < 1.29 is 14.3 Å². The highest BCUT2D eigenvalue weighted by Crippen LogP contribution is 2.27. The van der Waals surface area contributed by atoms with E-state index in [2.05, 4.69) is 10.3 Å². The van der Waals surface area contributed by atoms with Crippen molar-refractivity contribution in [2.45, 2.75) is 34.1 Å². The van der Waals surface area contributed by atoms with Gasteiger partial charge in [0.1, 0.15) is 4.88 Å². The van der Waals surface area contributed by atoms with Gasteiger partial charge in [0.15, 0.2) is 5.13 Å². The van der Waals surface area contributed by atoms with Crippen molar-refractivity contribution in [2.75, 3.05) is 11.9 Å². The fraction of sp³-hybridized carbons (Fsp3) is 0.389. The summed E-state index contributed by atoms with van der Waals surface area (Å²) in [7, 11) is 0. The van der Waals surface area contributed by atoms with Crippen molar-refractivity contribution in [2.24, 2.45) is 5.41 Å². The van der Waals surface area contributed by atoms with Crippen LogP contribution in [0.5, 0.6) is 0 Å². The summed E-state index contributed by atoms with van der Waals surface area (Å²) in [6, 6.07) is 9.87. The summed E-state index contributed by atoms with van der Waals surface area (Å²) >= 11 is 1.14. The Bertz CT molecular complexity index is 723. The molecular weight excluding hydrogens is 324 g/mol. The fourth-order valence-corrected chi connectivity index (χ4v) is 3.14. The van der Waals surface area contributed by atoms with E-state index in [1.165, 1.54) is 0 Å². The minimum Gasteiger partial charge on any atom is -0.462 e. The summed E-state index contributed by atoms with van der Waals surface area (Å²) < 4.78 is 4.99. The van der Waals surface area contributed by atoms with Gasteiger partial charge in [-0.3, -0.25) is 4.79 Å². The van der Waals surface area contributed by atoms with Crippen molar-refractivity contribution in [3.05, 3.63) is 46.5 Å². The maximum absolute atomic E-state index is 12.6. The lowest BCUT2D eigenvalue weighted by Crippen LogP contribution is -2.32. The first kappa shape index (κ1) is 18.1. The van der Waals surface area contributed by atoms with E-state index in [4.69, 9.17) is 4.74 Å². The Hall–Kier alpha value is -2.21. The number of nitrogens with zero attached hydrogens (tertiary/aromatic N) is 1. The molecule has 6 heteroatoms. The standard InChI is InChI=1S/C18H22N2O3S/c1-5-23-15(21)14-12(2)19-17(24-14)20-16(22)18(3,4)11-13-9-7-6-8-10-13/h6-10H,5,11H2,1-4H3,(H,19,20,22). The highest BCUT2D eigenvalue weighted by molar-refractivity contribution is 7.17. The highest BCUT2D eigenvalue weighted by atomic mass is 32.1. The average molecular weight is 346 g/mol. The lowest BCUT2D eigenvalue weighted by Gasteiger charge is -2.22. The highest BCUT2D eigenvalue weighted by Gasteiger charge is 2.29. The molecule has 0 saturated carbocycles. The molecule has 1 aromatic carbocycles. The first-order chi connectivity index (χ1) is 11.3. The molecule has 0 aliphatic carbocycles. The molecule has 5 nitrogen and oxygen atoms in total. The van der Waals surface area contributed by atoms with Crippen LogP contribution in [0, 0.1) is 12.3 Å². The molecule has 1 N–H and O–H groups in total. The Kier molecular flexibility index (Phi) is 5.72. The molecule has 0 aliphatic heterocycles. The summed E-state index contributed by atoms with van der Waals surface area (Å²) in [6.45, 7) is 7.57. The number of thiazole rings is 1. The Morgan fingerprint density at radius 1 is 1.25 bits per heavy atom. The molecule has 2 aromatic rings. The van der Waals surface area contributed by atoms with Crippen molar-refractivity contribution in [3.63, 3.8) is 0 Å². The molecule has 0 bridgehead atoms. The Balaban J connectivity index is 2.08. The van der Waals surface area contributed by atoms with E-state index < -0.39 is 11.4 Å². The van der Waals surface area contributed by atoms with Crippen molar-refractivity contribution in [3.8, 4) is 0 Å². The molecule has 0 spiro atoms. The van der Waals surface area contributed by atoms with Crippen LogP contribution in [0.25, 0.3) is 0 Å². The van der Waals surface area contributed by atoms with E-state index in [1.807, 2.05) is 44.2 Å². The van der Waals surface area contributed by atoms with Crippen molar-refractivity contribution in [1.82, 2.24) is 4.98 Å². The molecule has 0 unspecified atom stereocenters. The van der Waals surface area contributed by atoms with Crippen LogP contribution in [-0.4, -0.2) is 23.5 Å². The average Bonchev–Trinajstić information content (AvgIpc) is 2.88. The summed E-state index contributed by atoms with van der Waals surface area (Å²) in [6.07, 6.45) is 0.620. The van der Waals surface area contributed by atoms with Gasteiger partial charge in [0, 0.05) is 5.41 Å². The van der Waals surface area contributed by atoms with Crippen molar-refractivity contribution >= 4 is 28.3 Å². The van der Waals surface area contributed by atoms with Gasteiger partial charge < -0.3 is 10.1 Å². The third kappa shape index (κ3) is 4.41. The molecule has 1 amide bonds. The molecule has 0 saturated heterocycles. The monoisotopic (exact) mass is 346 g/mol. The molecule has 1 heterocycles. The van der Waals surface area contributed by atoms with Gasteiger partial charge in [0.05, 0.1) is 12.3 Å². The first-order valence-corrected chi connectivity index (χ1v) is 8.65. The summed E-state index contributed by atoms with van der Waals surface area (Å²) in [4.78, 5) is 29.1. The van der Waals surface area contributed by atoms with Crippen LogP contribution in [0.2, 0.25) is 0 Å². The largest absolute Gasteiger partial charge is 0.462 e. The van der Waals surface area contributed by atoms with Crippen LogP contribution >= 0.6 is 11.3 Å². The number of ether oxygens (including phenoxy) is 1. The predicted octanol–water partition coefficient (Wildman–Crippen LogP) is 3.84. The minimum atomic E-state index is -0.592. The minimum absolute atomic E-state index is 0.129. The van der Waals surface area contributed by atoms with Crippen LogP contribution in [0.1, 0.15) is 41.7 Å². The summed E-state index contributed by atoms with van der Waals surface area (Å²) in [5.74, 6) is -0.535. The number of amides is 1. The van der Waals surface area contributed by atoms with E-state index in [0.29, 0.717) is 28.7 Å². The normalized spacial score (nSPS) is 11.2. The zero-order valence-corrected chi connectivity index (χ0v) is 15.2. The van der Waals surface area contributed by atoms with Gasteiger partial charge in [-0.25, -0.2) is 9.78 Å². The van der Waals surface area contributed by atoms with Gasteiger partial charge in [0.2, 0.25) is 5.91 Å². The second-order valence-electron chi connectivity index (χ2n) is 6.15. The third-order valence-electron chi connectivity index (χ3n) is 3.58. The number of hydrogen-bond acceptors (Lipinski definition) is 5. The lowest BCUT2D eigenvalue weighted by atomic mass is 9.85. The zero-order valence-electron chi connectivity index (χ0n) is 14.4. The number of aromatic nitrogens is 1. The molecule has 2 rings (SSSR count). The lowest BCUT2D eigenvalue weighted by molar-refractivity contribution is -0.123. The topological polar surface area (TPSA) is 68.3 Å². The van der Waals surface area contributed by atoms with Gasteiger partial charge in [0.25, 0.3) is 0 Å². The Morgan fingerprint density at radius 2 is 1.92 bits per heavy atom. The van der Waals surface area contributed by atoms with E-state index in [-0.39, 0.29) is 5.91 Å². The van der Waals surface area contributed by atoms with Gasteiger partial charge in [-0.05, 0) is 25.8 Å². The van der Waals surface area contributed by atoms with E-state index >= 15 is 0 Å². The number of carbonyl (C=O) groups is 2. The zero-order chi connectivity index (χ0) is 17.7. The number of rotatable bonds is 6. The molecule has 1 aromatic heterocycles. The number of aryl methyl sites for hydroxylation is 1. The number of carbonyl (C=O) groups excluding carboxylic acids is 2. The Morgan fingerprint density at radius 3 is 2.54 bits per heavy atom. The number of nitrogens with one attached hydrogen (secondary N) is 1. The molecule has 0 atom stereocenters. The van der Waals surface area contributed by atoms with E-state index in [1.54, 1.807) is 13.8 Å². The predicted molar refractivity (Wildman–Crippen MR) is 95.4 cm³/mol. The van der Waals surface area contributed by atoms with Crippen molar-refractivity contribution in [1.29, 1.82) is 0 Å². The molecule has 0 radical (unpaired) electrons. The molecule has 0 fully saturated rings. The van der Waals surface area contributed by atoms with E-state index in [0.717, 1.165) is 16.9 Å². The van der Waals surface area contributed by atoms with Gasteiger partial charge in [-0.15, -0.1) is 0 Å². The van der Waals surface area contributed by atoms with Crippen LogP contribution in [0.3, 0.4) is 0 Å². The SMILES string of the molecule is CCOC(=O)c1sc(NC(=O)C(C)(C)Cc2ccccc2)nc1C. The first-order valence-electron chi connectivity index (χ1n) is 7.83. The summed E-state index contributed by atoms with van der Waals surface area (Å²) in [5, 5.41) is 3.24. The Labute approximate surface area is 146 Å². The van der Waals surface area contributed by atoms with Crippen LogP contribution in [0.4, 0.5) is 5.13 Å². The second kappa shape index (κ2) is 7.57. The molecule has 128 valence electrons. The van der Waals surface area contributed by atoms with Gasteiger partial charge in [-0.2, -0.15) is 0 Å². The molecule has 0 aliphatic rings. The molecular formula is C18H22N2O3S. The van der Waals surface area contributed by atoms with Gasteiger partial charge >= 0.3 is 5.97 Å². The maximum Gasteiger partial charge on any atom is 0.350 e. The smallest absolute Gasteiger partial charge is 0.350 e. The number of benzene rings is 1. The van der Waals surface area contributed by atoms with Gasteiger partial charge in [-0.1, -0.05) is 55.5 Å².